The molecule has 2 fully saturated rings. The van der Waals surface area contributed by atoms with E-state index in [0.29, 0.717) is 5.92 Å². The SMILES string of the molecule is O=C(O)C1CS(=O)(=O)CCN1C(=O)[C@@H]1C[C@@H]2C=C[C@H]1CC2. The molecule has 0 aromatic rings. The van der Waals surface area contributed by atoms with E-state index < -0.39 is 27.6 Å². The predicted octanol–water partition coefficient (Wildman–Crippen LogP) is 0.299. The number of hydrogen-bond acceptors (Lipinski definition) is 4. The molecule has 2 bridgehead atoms. The van der Waals surface area contributed by atoms with Crippen molar-refractivity contribution in [3.8, 4) is 0 Å². The van der Waals surface area contributed by atoms with Crippen LogP contribution in [0.25, 0.3) is 0 Å². The Bertz CT molecular complexity index is 596. The van der Waals surface area contributed by atoms with E-state index in [1.54, 1.807) is 0 Å². The third kappa shape index (κ3) is 2.71. The molecule has 4 aliphatic rings. The Kier molecular flexibility index (Phi) is 3.55. The second-order valence-corrected chi connectivity index (χ2v) is 8.46. The van der Waals surface area contributed by atoms with Crippen LogP contribution < -0.4 is 0 Å². The molecule has 1 unspecified atom stereocenters. The molecule has 3 aliphatic carbocycles. The van der Waals surface area contributed by atoms with Gasteiger partial charge in [-0.1, -0.05) is 12.2 Å². The Hall–Kier alpha value is -1.37. The number of sulfone groups is 1. The third-order valence-electron chi connectivity index (χ3n) is 4.89. The molecule has 4 atom stereocenters. The normalized spacial score (nSPS) is 37.4. The summed E-state index contributed by atoms with van der Waals surface area (Å²) >= 11 is 0. The Morgan fingerprint density at radius 3 is 2.48 bits per heavy atom. The first-order valence-electron chi connectivity index (χ1n) is 7.29. The molecule has 1 heterocycles. The minimum Gasteiger partial charge on any atom is -0.480 e. The standard InChI is InChI=1S/C14H19NO5S/c16-13(11-7-9-1-3-10(11)4-2-9)15-5-6-21(19,20)8-12(15)14(17)18/h1,3,9-12H,2,4-8H2,(H,17,18)/t9-,10+,11-,12?/m1/s1. The van der Waals surface area contributed by atoms with Gasteiger partial charge < -0.3 is 10.0 Å². The molecule has 116 valence electrons. The Balaban J connectivity index is 1.80. The van der Waals surface area contributed by atoms with Crippen LogP contribution in [0.3, 0.4) is 0 Å². The summed E-state index contributed by atoms with van der Waals surface area (Å²) in [6, 6.07) is -1.24. The fraction of sp³-hybridized carbons (Fsp3) is 0.714. The average Bonchev–Trinajstić information content (AvgIpc) is 2.46. The fourth-order valence-corrected chi connectivity index (χ4v) is 5.15. The second-order valence-electron chi connectivity index (χ2n) is 6.23. The van der Waals surface area contributed by atoms with Gasteiger partial charge in [-0.3, -0.25) is 4.79 Å². The molecule has 0 aromatic carbocycles. The van der Waals surface area contributed by atoms with Gasteiger partial charge in [-0.05, 0) is 31.1 Å². The van der Waals surface area contributed by atoms with Crippen molar-refractivity contribution in [2.24, 2.45) is 17.8 Å². The summed E-state index contributed by atoms with van der Waals surface area (Å²) < 4.78 is 23.2. The number of nitrogens with zero attached hydrogens (tertiary/aromatic N) is 1. The van der Waals surface area contributed by atoms with Crippen LogP contribution in [0.1, 0.15) is 19.3 Å². The highest BCUT2D eigenvalue weighted by Crippen LogP contribution is 2.41. The molecular formula is C14H19NO5S. The van der Waals surface area contributed by atoms with Crippen molar-refractivity contribution < 1.29 is 23.1 Å². The zero-order valence-electron chi connectivity index (χ0n) is 11.6. The van der Waals surface area contributed by atoms with Crippen LogP contribution in [-0.4, -0.2) is 54.4 Å². The molecule has 1 saturated heterocycles. The molecule has 4 rings (SSSR count). The Morgan fingerprint density at radius 1 is 1.19 bits per heavy atom. The van der Waals surface area contributed by atoms with Gasteiger partial charge in [0, 0.05) is 12.5 Å². The zero-order valence-corrected chi connectivity index (χ0v) is 12.5. The molecule has 7 heteroatoms. The molecule has 1 amide bonds. The van der Waals surface area contributed by atoms with E-state index >= 15 is 0 Å². The number of rotatable bonds is 2. The smallest absolute Gasteiger partial charge is 0.327 e. The first kappa shape index (κ1) is 14.6. The first-order chi connectivity index (χ1) is 9.87. The number of carbonyl (C=O) groups excluding carboxylic acids is 1. The minimum absolute atomic E-state index is 0.00423. The number of fused-ring (bicyclic) bond motifs is 2. The summed E-state index contributed by atoms with van der Waals surface area (Å²) in [6.45, 7) is -0.00423. The van der Waals surface area contributed by atoms with Crippen molar-refractivity contribution in [2.75, 3.05) is 18.1 Å². The maximum atomic E-state index is 12.7. The van der Waals surface area contributed by atoms with E-state index in [9.17, 15) is 23.1 Å². The van der Waals surface area contributed by atoms with Crippen LogP contribution in [-0.2, 0) is 19.4 Å². The molecule has 1 aliphatic heterocycles. The van der Waals surface area contributed by atoms with Crippen molar-refractivity contribution in [3.63, 3.8) is 0 Å². The lowest BCUT2D eigenvalue weighted by Gasteiger charge is -2.41. The maximum absolute atomic E-state index is 12.7. The van der Waals surface area contributed by atoms with E-state index in [0.717, 1.165) is 19.3 Å². The lowest BCUT2D eigenvalue weighted by Crippen LogP contribution is -2.57. The van der Waals surface area contributed by atoms with Crippen LogP contribution in [0.4, 0.5) is 0 Å². The number of hydrogen-bond donors (Lipinski definition) is 1. The highest BCUT2D eigenvalue weighted by Gasteiger charge is 2.44. The lowest BCUT2D eigenvalue weighted by atomic mass is 9.68. The van der Waals surface area contributed by atoms with Gasteiger partial charge in [0.1, 0.15) is 6.04 Å². The zero-order chi connectivity index (χ0) is 15.2. The van der Waals surface area contributed by atoms with Gasteiger partial charge in [0.05, 0.1) is 11.5 Å². The number of amides is 1. The van der Waals surface area contributed by atoms with Gasteiger partial charge in [-0.2, -0.15) is 0 Å². The van der Waals surface area contributed by atoms with Crippen molar-refractivity contribution in [1.29, 1.82) is 0 Å². The quantitative estimate of drug-likeness (QED) is 0.740. The van der Waals surface area contributed by atoms with E-state index in [-0.39, 0.29) is 30.0 Å². The Labute approximate surface area is 123 Å². The van der Waals surface area contributed by atoms with Crippen LogP contribution >= 0.6 is 0 Å². The van der Waals surface area contributed by atoms with E-state index in [1.165, 1.54) is 4.90 Å². The van der Waals surface area contributed by atoms with Crippen LogP contribution in [0.5, 0.6) is 0 Å². The van der Waals surface area contributed by atoms with E-state index in [1.807, 2.05) is 0 Å². The van der Waals surface area contributed by atoms with Crippen LogP contribution in [0, 0.1) is 17.8 Å². The molecule has 1 saturated carbocycles. The fourth-order valence-electron chi connectivity index (χ4n) is 3.70. The average molecular weight is 313 g/mol. The molecule has 0 spiro atoms. The summed E-state index contributed by atoms with van der Waals surface area (Å²) in [6.07, 6.45) is 7.02. The van der Waals surface area contributed by atoms with Crippen LogP contribution in [0.15, 0.2) is 12.2 Å². The number of carboxylic acid groups (broad SMARTS) is 1. The minimum atomic E-state index is -3.37. The first-order valence-corrected chi connectivity index (χ1v) is 9.11. The van der Waals surface area contributed by atoms with Gasteiger partial charge >= 0.3 is 5.97 Å². The van der Waals surface area contributed by atoms with Crippen molar-refractivity contribution >= 4 is 21.7 Å². The molecule has 0 aromatic heterocycles. The summed E-state index contributed by atoms with van der Waals surface area (Å²) in [5.74, 6) is -1.63. The topological polar surface area (TPSA) is 91.8 Å². The second kappa shape index (κ2) is 5.12. The van der Waals surface area contributed by atoms with E-state index in [4.69, 9.17) is 0 Å². The number of carbonyl (C=O) groups is 2. The van der Waals surface area contributed by atoms with Gasteiger partial charge in [0.2, 0.25) is 5.91 Å². The van der Waals surface area contributed by atoms with Crippen molar-refractivity contribution in [2.45, 2.75) is 25.3 Å². The molecule has 1 N–H and O–H groups in total. The predicted molar refractivity (Wildman–Crippen MR) is 75.3 cm³/mol. The summed E-state index contributed by atoms with van der Waals surface area (Å²) in [4.78, 5) is 25.3. The summed E-state index contributed by atoms with van der Waals surface area (Å²) in [7, 11) is -3.37. The Morgan fingerprint density at radius 2 is 1.95 bits per heavy atom. The number of aliphatic carboxylic acids is 1. The highest BCUT2D eigenvalue weighted by molar-refractivity contribution is 7.91. The van der Waals surface area contributed by atoms with Gasteiger partial charge in [-0.15, -0.1) is 0 Å². The highest BCUT2D eigenvalue weighted by atomic mass is 32.2. The molecule has 21 heavy (non-hydrogen) atoms. The van der Waals surface area contributed by atoms with Gasteiger partial charge in [0.25, 0.3) is 0 Å². The van der Waals surface area contributed by atoms with E-state index in [2.05, 4.69) is 12.2 Å². The molecular weight excluding hydrogens is 294 g/mol. The van der Waals surface area contributed by atoms with Crippen molar-refractivity contribution in [3.05, 3.63) is 12.2 Å². The molecule has 6 nitrogen and oxygen atoms in total. The lowest BCUT2D eigenvalue weighted by molar-refractivity contribution is -0.152. The van der Waals surface area contributed by atoms with Gasteiger partial charge in [0.15, 0.2) is 9.84 Å². The largest absolute Gasteiger partial charge is 0.480 e. The number of allylic oxidation sites excluding steroid dienone is 2. The number of carboxylic acids is 1. The summed E-state index contributed by atoms with van der Waals surface area (Å²) in [5, 5.41) is 9.25. The summed E-state index contributed by atoms with van der Waals surface area (Å²) in [5.41, 5.74) is 0. The van der Waals surface area contributed by atoms with Crippen LogP contribution in [0.2, 0.25) is 0 Å². The van der Waals surface area contributed by atoms with Gasteiger partial charge in [-0.25, -0.2) is 13.2 Å². The monoisotopic (exact) mass is 313 g/mol. The maximum Gasteiger partial charge on any atom is 0.327 e. The molecule has 0 radical (unpaired) electrons. The van der Waals surface area contributed by atoms with Crippen molar-refractivity contribution in [1.82, 2.24) is 4.90 Å². The third-order valence-corrected chi connectivity index (χ3v) is 6.52.